The fraction of sp³-hybridized carbons (Fsp3) is 0.278. The van der Waals surface area contributed by atoms with Crippen molar-refractivity contribution in [3.8, 4) is 0 Å². The van der Waals surface area contributed by atoms with Crippen molar-refractivity contribution in [2.45, 2.75) is 23.8 Å². The van der Waals surface area contributed by atoms with E-state index in [0.29, 0.717) is 5.75 Å². The van der Waals surface area contributed by atoms with Gasteiger partial charge in [-0.25, -0.2) is 0 Å². The molecule has 0 spiro atoms. The van der Waals surface area contributed by atoms with Gasteiger partial charge < -0.3 is 4.90 Å². The van der Waals surface area contributed by atoms with Crippen molar-refractivity contribution in [1.29, 1.82) is 0 Å². The lowest BCUT2D eigenvalue weighted by Gasteiger charge is -2.25. The molecule has 0 radical (unpaired) electrons. The van der Waals surface area contributed by atoms with Crippen LogP contribution in [0.3, 0.4) is 0 Å². The number of likely N-dealkylation sites (tertiary alicyclic amines) is 1. The molecule has 1 heterocycles. The molecule has 22 heavy (non-hydrogen) atoms. The van der Waals surface area contributed by atoms with Crippen LogP contribution in [0.2, 0.25) is 0 Å². The van der Waals surface area contributed by atoms with Crippen LogP contribution in [0.1, 0.15) is 24.4 Å². The SMILES string of the molecule is O=C(CSc1ccccc1)N1CCCC1c1cccc(Br)c1. The summed E-state index contributed by atoms with van der Waals surface area (Å²) in [6.45, 7) is 0.866. The van der Waals surface area contributed by atoms with Crippen LogP contribution in [0.5, 0.6) is 0 Å². The Kier molecular flexibility index (Phi) is 5.21. The molecule has 0 N–H and O–H groups in total. The van der Waals surface area contributed by atoms with Crippen LogP contribution < -0.4 is 0 Å². The van der Waals surface area contributed by atoms with E-state index < -0.39 is 0 Å². The van der Waals surface area contributed by atoms with E-state index in [9.17, 15) is 4.79 Å². The van der Waals surface area contributed by atoms with Crippen molar-refractivity contribution >= 4 is 33.6 Å². The second-order valence-corrected chi connectivity index (χ2v) is 7.37. The molecule has 1 aliphatic heterocycles. The van der Waals surface area contributed by atoms with Crippen LogP contribution in [-0.2, 0) is 4.79 Å². The Morgan fingerprint density at radius 1 is 1.18 bits per heavy atom. The monoisotopic (exact) mass is 375 g/mol. The lowest BCUT2D eigenvalue weighted by molar-refractivity contribution is -0.129. The zero-order chi connectivity index (χ0) is 15.4. The highest BCUT2D eigenvalue weighted by Gasteiger charge is 2.29. The van der Waals surface area contributed by atoms with E-state index in [4.69, 9.17) is 0 Å². The summed E-state index contributed by atoms with van der Waals surface area (Å²) in [6.07, 6.45) is 2.14. The quantitative estimate of drug-likeness (QED) is 0.707. The number of hydrogen-bond donors (Lipinski definition) is 0. The van der Waals surface area contributed by atoms with E-state index in [0.717, 1.165) is 28.8 Å². The molecule has 2 aromatic carbocycles. The van der Waals surface area contributed by atoms with Crippen LogP contribution in [0.25, 0.3) is 0 Å². The molecule has 0 bridgehead atoms. The first-order chi connectivity index (χ1) is 10.7. The van der Waals surface area contributed by atoms with Crippen molar-refractivity contribution in [3.63, 3.8) is 0 Å². The van der Waals surface area contributed by atoms with E-state index in [1.165, 1.54) is 5.56 Å². The minimum Gasteiger partial charge on any atom is -0.335 e. The molecule has 2 nitrogen and oxygen atoms in total. The van der Waals surface area contributed by atoms with Crippen LogP contribution in [0, 0.1) is 0 Å². The number of thioether (sulfide) groups is 1. The smallest absolute Gasteiger partial charge is 0.233 e. The van der Waals surface area contributed by atoms with Gasteiger partial charge in [-0.3, -0.25) is 4.79 Å². The predicted molar refractivity (Wildman–Crippen MR) is 95.0 cm³/mol. The third-order valence-electron chi connectivity index (χ3n) is 3.91. The summed E-state index contributed by atoms with van der Waals surface area (Å²) in [5.74, 6) is 0.741. The topological polar surface area (TPSA) is 20.3 Å². The molecule has 1 aliphatic rings. The zero-order valence-electron chi connectivity index (χ0n) is 12.2. The Labute approximate surface area is 144 Å². The molecular weight excluding hydrogens is 358 g/mol. The first-order valence-corrected chi connectivity index (χ1v) is 9.25. The average Bonchev–Trinajstić information content (AvgIpc) is 3.03. The number of nitrogens with zero attached hydrogens (tertiary/aromatic N) is 1. The Bertz CT molecular complexity index is 647. The Hall–Kier alpha value is -1.26. The lowest BCUT2D eigenvalue weighted by atomic mass is 10.0. The fourth-order valence-corrected chi connectivity index (χ4v) is 4.09. The second-order valence-electron chi connectivity index (χ2n) is 5.40. The van der Waals surface area contributed by atoms with Crippen molar-refractivity contribution < 1.29 is 4.79 Å². The van der Waals surface area contributed by atoms with Crippen molar-refractivity contribution in [2.75, 3.05) is 12.3 Å². The number of carbonyl (C=O) groups excluding carboxylic acids is 1. The maximum absolute atomic E-state index is 12.6. The maximum Gasteiger partial charge on any atom is 0.233 e. The van der Waals surface area contributed by atoms with E-state index in [2.05, 4.69) is 28.1 Å². The van der Waals surface area contributed by atoms with Gasteiger partial charge in [0.15, 0.2) is 0 Å². The Balaban J connectivity index is 1.66. The molecule has 4 heteroatoms. The summed E-state index contributed by atoms with van der Waals surface area (Å²) < 4.78 is 1.07. The van der Waals surface area contributed by atoms with Gasteiger partial charge >= 0.3 is 0 Å². The molecule has 1 fully saturated rings. The highest BCUT2D eigenvalue weighted by Crippen LogP contribution is 2.33. The van der Waals surface area contributed by atoms with Crippen LogP contribution in [-0.4, -0.2) is 23.1 Å². The first kappa shape index (κ1) is 15.6. The van der Waals surface area contributed by atoms with Crippen LogP contribution >= 0.6 is 27.7 Å². The summed E-state index contributed by atoms with van der Waals surface area (Å²) in [5, 5.41) is 0. The minimum atomic E-state index is 0.223. The predicted octanol–water partition coefficient (Wildman–Crippen LogP) is 4.90. The van der Waals surface area contributed by atoms with Crippen molar-refractivity contribution in [2.24, 2.45) is 0 Å². The molecule has 1 unspecified atom stereocenters. The molecule has 0 aromatic heterocycles. The van der Waals surface area contributed by atoms with Gasteiger partial charge in [-0.1, -0.05) is 46.3 Å². The fourth-order valence-electron chi connectivity index (χ4n) is 2.87. The van der Waals surface area contributed by atoms with E-state index >= 15 is 0 Å². The van der Waals surface area contributed by atoms with Gasteiger partial charge in [0.2, 0.25) is 5.91 Å². The number of halogens is 1. The number of rotatable bonds is 4. The van der Waals surface area contributed by atoms with Gasteiger partial charge in [0, 0.05) is 15.9 Å². The third kappa shape index (κ3) is 3.73. The van der Waals surface area contributed by atoms with Gasteiger partial charge in [0.05, 0.1) is 11.8 Å². The molecule has 0 saturated carbocycles. The zero-order valence-corrected chi connectivity index (χ0v) is 14.6. The highest BCUT2D eigenvalue weighted by atomic mass is 79.9. The Morgan fingerprint density at radius 3 is 2.77 bits per heavy atom. The molecular formula is C18H18BrNOS. The number of amides is 1. The normalized spacial score (nSPS) is 17.7. The van der Waals surface area contributed by atoms with E-state index in [1.807, 2.05) is 47.4 Å². The van der Waals surface area contributed by atoms with Gasteiger partial charge in [-0.05, 0) is 42.7 Å². The molecule has 1 saturated heterocycles. The minimum absolute atomic E-state index is 0.223. The molecule has 114 valence electrons. The molecule has 1 amide bonds. The van der Waals surface area contributed by atoms with Gasteiger partial charge in [-0.15, -0.1) is 11.8 Å². The third-order valence-corrected chi connectivity index (χ3v) is 5.40. The summed E-state index contributed by atoms with van der Waals surface area (Å²) in [5.41, 5.74) is 1.23. The summed E-state index contributed by atoms with van der Waals surface area (Å²) in [7, 11) is 0. The standard InChI is InChI=1S/C18H18BrNOS/c19-15-7-4-6-14(12-15)17-10-5-11-20(17)18(21)13-22-16-8-2-1-3-9-16/h1-4,6-9,12,17H,5,10-11,13H2. The lowest BCUT2D eigenvalue weighted by Crippen LogP contribution is -2.31. The van der Waals surface area contributed by atoms with Crippen molar-refractivity contribution in [3.05, 3.63) is 64.6 Å². The van der Waals surface area contributed by atoms with Gasteiger partial charge in [-0.2, -0.15) is 0 Å². The Morgan fingerprint density at radius 2 is 2.00 bits per heavy atom. The molecule has 1 atom stereocenters. The summed E-state index contributed by atoms with van der Waals surface area (Å²) >= 11 is 5.14. The van der Waals surface area contributed by atoms with Crippen LogP contribution in [0.15, 0.2) is 64.0 Å². The molecule has 0 aliphatic carbocycles. The largest absolute Gasteiger partial charge is 0.335 e. The molecule has 2 aromatic rings. The van der Waals surface area contributed by atoms with Crippen LogP contribution in [0.4, 0.5) is 0 Å². The summed E-state index contributed by atoms with van der Waals surface area (Å²) in [6, 6.07) is 18.6. The first-order valence-electron chi connectivity index (χ1n) is 7.47. The average molecular weight is 376 g/mol. The van der Waals surface area contributed by atoms with Crippen molar-refractivity contribution in [1.82, 2.24) is 4.90 Å². The van der Waals surface area contributed by atoms with E-state index in [-0.39, 0.29) is 11.9 Å². The molecule has 3 rings (SSSR count). The highest BCUT2D eigenvalue weighted by molar-refractivity contribution is 9.10. The number of hydrogen-bond acceptors (Lipinski definition) is 2. The number of carbonyl (C=O) groups is 1. The maximum atomic E-state index is 12.6. The van der Waals surface area contributed by atoms with Gasteiger partial charge in [0.1, 0.15) is 0 Å². The van der Waals surface area contributed by atoms with E-state index in [1.54, 1.807) is 11.8 Å². The number of benzene rings is 2. The summed E-state index contributed by atoms with van der Waals surface area (Å²) in [4.78, 5) is 15.8. The van der Waals surface area contributed by atoms with Gasteiger partial charge in [0.25, 0.3) is 0 Å². The second kappa shape index (κ2) is 7.34.